The van der Waals surface area contributed by atoms with E-state index < -0.39 is 11.9 Å². The third kappa shape index (κ3) is 5.19. The summed E-state index contributed by atoms with van der Waals surface area (Å²) < 4.78 is 0. The number of rotatable bonds is 5. The van der Waals surface area contributed by atoms with Gasteiger partial charge in [0.05, 0.1) is 0 Å². The van der Waals surface area contributed by atoms with Crippen molar-refractivity contribution in [2.24, 2.45) is 5.92 Å². The number of hydroxylamine groups is 2. The molecule has 1 rings (SSSR count). The lowest BCUT2D eigenvalue weighted by Gasteiger charge is -2.29. The second-order valence-electron chi connectivity index (χ2n) is 5.85. The fourth-order valence-electron chi connectivity index (χ4n) is 2.53. The van der Waals surface area contributed by atoms with Gasteiger partial charge in [0.1, 0.15) is 6.04 Å². The molecule has 0 aromatic heterocycles. The lowest BCUT2D eigenvalue weighted by atomic mass is 9.94. The molecule has 0 aromatic rings. The van der Waals surface area contributed by atoms with Crippen molar-refractivity contribution in [2.75, 3.05) is 0 Å². The molecule has 5 nitrogen and oxygen atoms in total. The van der Waals surface area contributed by atoms with Crippen LogP contribution in [-0.4, -0.2) is 34.2 Å². The predicted octanol–water partition coefficient (Wildman–Crippen LogP) is 2.09. The van der Waals surface area contributed by atoms with E-state index in [4.69, 9.17) is 0 Å². The van der Waals surface area contributed by atoms with Crippen molar-refractivity contribution in [3.05, 3.63) is 0 Å². The van der Waals surface area contributed by atoms with E-state index in [-0.39, 0.29) is 17.9 Å². The summed E-state index contributed by atoms with van der Waals surface area (Å²) in [5.41, 5.74) is 0. The molecule has 1 fully saturated rings. The summed E-state index contributed by atoms with van der Waals surface area (Å²) in [6, 6.07) is -0.587. The molecule has 0 aromatic carbocycles. The maximum absolute atomic E-state index is 12.2. The van der Waals surface area contributed by atoms with Crippen LogP contribution in [-0.2, 0) is 9.59 Å². The van der Waals surface area contributed by atoms with E-state index >= 15 is 0 Å². The van der Waals surface area contributed by atoms with Gasteiger partial charge in [-0.05, 0) is 25.2 Å². The molecule has 1 unspecified atom stereocenters. The largest absolute Gasteiger partial charge is 0.351 e. The molecule has 19 heavy (non-hydrogen) atoms. The molecule has 0 bridgehead atoms. The molecule has 0 radical (unpaired) electrons. The van der Waals surface area contributed by atoms with Gasteiger partial charge in [0, 0.05) is 13.0 Å². The summed E-state index contributed by atoms with van der Waals surface area (Å²) in [6.45, 7) is 5.20. The highest BCUT2D eigenvalue weighted by Gasteiger charge is 2.29. The quantitative estimate of drug-likeness (QED) is 0.593. The van der Waals surface area contributed by atoms with Gasteiger partial charge < -0.3 is 5.32 Å². The smallest absolute Gasteiger partial charge is 0.245 e. The highest BCUT2D eigenvalue weighted by atomic mass is 16.5. The van der Waals surface area contributed by atoms with E-state index in [9.17, 15) is 14.8 Å². The van der Waals surface area contributed by atoms with Crippen molar-refractivity contribution in [3.8, 4) is 0 Å². The first-order valence-electron chi connectivity index (χ1n) is 7.21. The van der Waals surface area contributed by atoms with Crippen LogP contribution in [0.3, 0.4) is 0 Å². The molecule has 2 amide bonds. The maximum Gasteiger partial charge on any atom is 0.245 e. The lowest BCUT2D eigenvalue weighted by Crippen LogP contribution is -2.50. The van der Waals surface area contributed by atoms with E-state index in [1.807, 2.05) is 13.8 Å². The van der Waals surface area contributed by atoms with Crippen LogP contribution in [0.5, 0.6) is 0 Å². The summed E-state index contributed by atoms with van der Waals surface area (Å²) in [5.74, 6) is -0.501. The fourth-order valence-corrected chi connectivity index (χ4v) is 2.53. The summed E-state index contributed by atoms with van der Waals surface area (Å²) in [6.07, 6.45) is 5.94. The molecule has 0 aliphatic heterocycles. The molecule has 1 atom stereocenters. The Bertz CT molecular complexity index is 312. The van der Waals surface area contributed by atoms with Crippen molar-refractivity contribution >= 4 is 11.8 Å². The first-order chi connectivity index (χ1) is 8.91. The second-order valence-corrected chi connectivity index (χ2v) is 5.85. The van der Waals surface area contributed by atoms with Crippen LogP contribution in [0.2, 0.25) is 0 Å². The minimum Gasteiger partial charge on any atom is -0.351 e. The van der Waals surface area contributed by atoms with Gasteiger partial charge >= 0.3 is 0 Å². The highest BCUT2D eigenvalue weighted by molar-refractivity contribution is 5.86. The minimum absolute atomic E-state index is 0.191. The Morgan fingerprint density at radius 2 is 1.84 bits per heavy atom. The van der Waals surface area contributed by atoms with Gasteiger partial charge in [-0.25, -0.2) is 5.06 Å². The topological polar surface area (TPSA) is 69.6 Å². The summed E-state index contributed by atoms with van der Waals surface area (Å²) in [4.78, 5) is 23.5. The Balaban J connectivity index is 2.61. The molecule has 0 saturated heterocycles. The zero-order valence-electron chi connectivity index (χ0n) is 12.2. The highest BCUT2D eigenvalue weighted by Crippen LogP contribution is 2.18. The summed E-state index contributed by atoms with van der Waals surface area (Å²) in [5, 5.41) is 13.3. The van der Waals surface area contributed by atoms with Crippen molar-refractivity contribution in [1.82, 2.24) is 10.4 Å². The van der Waals surface area contributed by atoms with Crippen molar-refractivity contribution < 1.29 is 14.8 Å². The van der Waals surface area contributed by atoms with Crippen LogP contribution in [0.25, 0.3) is 0 Å². The van der Waals surface area contributed by atoms with Crippen molar-refractivity contribution in [3.63, 3.8) is 0 Å². The van der Waals surface area contributed by atoms with Crippen molar-refractivity contribution in [2.45, 2.75) is 71.4 Å². The Labute approximate surface area is 115 Å². The number of hydrogen-bond donors (Lipinski definition) is 2. The second kappa shape index (κ2) is 7.48. The van der Waals surface area contributed by atoms with E-state index in [2.05, 4.69) is 5.32 Å². The third-order valence-electron chi connectivity index (χ3n) is 3.57. The van der Waals surface area contributed by atoms with Gasteiger partial charge in [0.2, 0.25) is 11.8 Å². The predicted molar refractivity (Wildman–Crippen MR) is 72.6 cm³/mol. The first kappa shape index (κ1) is 16.0. The van der Waals surface area contributed by atoms with Gasteiger partial charge in [0.25, 0.3) is 0 Å². The molecule has 0 heterocycles. The Hall–Kier alpha value is -1.10. The van der Waals surface area contributed by atoms with Crippen LogP contribution < -0.4 is 5.32 Å². The van der Waals surface area contributed by atoms with E-state index in [1.165, 1.54) is 13.3 Å². The Morgan fingerprint density at radius 1 is 1.26 bits per heavy atom. The molecule has 2 N–H and O–H groups in total. The number of amides is 2. The third-order valence-corrected chi connectivity index (χ3v) is 3.57. The standard InChI is InChI=1S/C14H26N2O3/c1-10(2)9-13(16(19)11(3)17)14(18)15-12-7-5-4-6-8-12/h10,12-13,19H,4-9H2,1-3H3,(H,15,18). The van der Waals surface area contributed by atoms with E-state index in [0.29, 0.717) is 11.5 Å². The number of nitrogens with one attached hydrogen (secondary N) is 1. The SMILES string of the molecule is CC(=O)N(O)C(CC(C)C)C(=O)NC1CCCCC1. The van der Waals surface area contributed by atoms with Crippen molar-refractivity contribution in [1.29, 1.82) is 0 Å². The molecular weight excluding hydrogens is 244 g/mol. The van der Waals surface area contributed by atoms with Crippen LogP contribution in [0.15, 0.2) is 0 Å². The summed E-state index contributed by atoms with van der Waals surface area (Å²) >= 11 is 0. The normalized spacial score (nSPS) is 18.2. The van der Waals surface area contributed by atoms with E-state index in [1.54, 1.807) is 0 Å². The average molecular weight is 270 g/mol. The van der Waals surface area contributed by atoms with Gasteiger partial charge in [-0.1, -0.05) is 33.1 Å². The number of carbonyl (C=O) groups excluding carboxylic acids is 2. The molecular formula is C14H26N2O3. The Kier molecular flexibility index (Phi) is 6.28. The van der Waals surface area contributed by atoms with Crippen LogP contribution >= 0.6 is 0 Å². The molecule has 5 heteroatoms. The fraction of sp³-hybridized carbons (Fsp3) is 0.857. The number of carbonyl (C=O) groups is 2. The minimum atomic E-state index is -0.778. The van der Waals surface area contributed by atoms with Crippen LogP contribution in [0.1, 0.15) is 59.3 Å². The van der Waals surface area contributed by atoms with Gasteiger partial charge in [-0.3, -0.25) is 14.8 Å². The molecule has 1 aliphatic rings. The van der Waals surface area contributed by atoms with E-state index in [0.717, 1.165) is 25.7 Å². The molecule has 1 aliphatic carbocycles. The molecule has 110 valence electrons. The van der Waals surface area contributed by atoms with Gasteiger partial charge in [0.15, 0.2) is 0 Å². The summed E-state index contributed by atoms with van der Waals surface area (Å²) in [7, 11) is 0. The molecule has 0 spiro atoms. The van der Waals surface area contributed by atoms with Crippen LogP contribution in [0.4, 0.5) is 0 Å². The number of nitrogens with zero attached hydrogens (tertiary/aromatic N) is 1. The number of hydrogen-bond acceptors (Lipinski definition) is 3. The Morgan fingerprint density at radius 3 is 2.32 bits per heavy atom. The zero-order chi connectivity index (χ0) is 14.4. The van der Waals surface area contributed by atoms with Gasteiger partial charge in [-0.2, -0.15) is 0 Å². The maximum atomic E-state index is 12.2. The zero-order valence-corrected chi connectivity index (χ0v) is 12.2. The lowest BCUT2D eigenvalue weighted by molar-refractivity contribution is -0.179. The van der Waals surface area contributed by atoms with Crippen LogP contribution in [0, 0.1) is 5.92 Å². The monoisotopic (exact) mass is 270 g/mol. The van der Waals surface area contributed by atoms with Gasteiger partial charge in [-0.15, -0.1) is 0 Å². The molecule has 1 saturated carbocycles. The average Bonchev–Trinajstić information content (AvgIpc) is 2.35. The first-order valence-corrected chi connectivity index (χ1v) is 7.21.